The quantitative estimate of drug-likeness (QED) is 0.775. The third-order valence-corrected chi connectivity index (χ3v) is 4.58. The number of hydrogen-bond donors (Lipinski definition) is 1. The van der Waals surface area contributed by atoms with Crippen molar-refractivity contribution in [3.8, 4) is 11.5 Å². The van der Waals surface area contributed by atoms with Crippen molar-refractivity contribution in [1.29, 1.82) is 0 Å². The highest BCUT2D eigenvalue weighted by molar-refractivity contribution is 6.06. The van der Waals surface area contributed by atoms with Gasteiger partial charge >= 0.3 is 0 Å². The average Bonchev–Trinajstić information content (AvgIpc) is 3.09. The third-order valence-electron chi connectivity index (χ3n) is 4.58. The topological polar surface area (TPSA) is 60.5 Å². The van der Waals surface area contributed by atoms with Crippen molar-refractivity contribution in [2.75, 3.05) is 6.79 Å². The van der Waals surface area contributed by atoms with E-state index >= 15 is 0 Å². The molecule has 0 fully saturated rings. The summed E-state index contributed by atoms with van der Waals surface area (Å²) in [5.74, 6) is 1.33. The molecular weight excluding hydrogens is 328 g/mol. The van der Waals surface area contributed by atoms with Gasteiger partial charge in [0.1, 0.15) is 0 Å². The number of benzene rings is 2. The largest absolute Gasteiger partial charge is 0.454 e. The van der Waals surface area contributed by atoms with Gasteiger partial charge in [0, 0.05) is 11.1 Å². The molecule has 1 aliphatic heterocycles. The van der Waals surface area contributed by atoms with Crippen LogP contribution in [0.15, 0.2) is 42.5 Å². The van der Waals surface area contributed by atoms with Crippen molar-refractivity contribution in [2.24, 2.45) is 0 Å². The van der Waals surface area contributed by atoms with Crippen molar-refractivity contribution in [2.45, 2.75) is 26.8 Å². The Bertz CT molecular complexity index is 1010. The number of hydrogen-bond acceptors (Lipinski definition) is 4. The molecule has 132 valence electrons. The Morgan fingerprint density at radius 3 is 2.73 bits per heavy atom. The Balaban J connectivity index is 1.64. The van der Waals surface area contributed by atoms with Gasteiger partial charge in [0.25, 0.3) is 5.91 Å². The highest BCUT2D eigenvalue weighted by Crippen LogP contribution is 2.34. The first-order valence-electron chi connectivity index (χ1n) is 8.60. The van der Waals surface area contributed by atoms with Crippen LogP contribution in [0.4, 0.5) is 0 Å². The van der Waals surface area contributed by atoms with Crippen LogP contribution in [0.2, 0.25) is 0 Å². The first-order chi connectivity index (χ1) is 12.5. The maximum absolute atomic E-state index is 12.9. The molecule has 4 rings (SSSR count). The first kappa shape index (κ1) is 16.4. The smallest absolute Gasteiger partial charge is 0.252 e. The van der Waals surface area contributed by atoms with E-state index in [0.717, 1.165) is 33.5 Å². The summed E-state index contributed by atoms with van der Waals surface area (Å²) in [4.78, 5) is 17.5. The number of fused-ring (bicyclic) bond motifs is 2. The number of aryl methyl sites for hydroxylation is 2. The number of pyridine rings is 1. The molecule has 0 spiro atoms. The molecule has 3 aromatic rings. The van der Waals surface area contributed by atoms with E-state index < -0.39 is 0 Å². The molecule has 5 nitrogen and oxygen atoms in total. The number of ether oxygens (including phenoxy) is 2. The number of amides is 1. The fourth-order valence-electron chi connectivity index (χ4n) is 3.20. The molecule has 0 saturated carbocycles. The molecule has 0 aliphatic carbocycles. The van der Waals surface area contributed by atoms with Crippen LogP contribution < -0.4 is 14.8 Å². The van der Waals surface area contributed by atoms with E-state index in [1.165, 1.54) is 0 Å². The molecule has 2 heterocycles. The normalized spacial score (nSPS) is 13.7. The van der Waals surface area contributed by atoms with Gasteiger partial charge < -0.3 is 14.8 Å². The summed E-state index contributed by atoms with van der Waals surface area (Å²) in [6.45, 7) is 6.10. The van der Waals surface area contributed by atoms with E-state index in [4.69, 9.17) is 9.47 Å². The second-order valence-corrected chi connectivity index (χ2v) is 6.64. The van der Waals surface area contributed by atoms with Crippen LogP contribution in [0.1, 0.15) is 40.1 Å². The van der Waals surface area contributed by atoms with E-state index in [9.17, 15) is 4.79 Å². The maximum atomic E-state index is 12.9. The Labute approximate surface area is 152 Å². The molecule has 1 unspecified atom stereocenters. The van der Waals surface area contributed by atoms with Gasteiger partial charge in [-0.15, -0.1) is 0 Å². The predicted molar refractivity (Wildman–Crippen MR) is 99.7 cm³/mol. The van der Waals surface area contributed by atoms with Crippen LogP contribution in [0, 0.1) is 13.8 Å². The summed E-state index contributed by atoms with van der Waals surface area (Å²) in [5, 5.41) is 3.95. The summed E-state index contributed by atoms with van der Waals surface area (Å²) < 4.78 is 10.8. The van der Waals surface area contributed by atoms with E-state index in [-0.39, 0.29) is 18.7 Å². The number of carbonyl (C=O) groups excluding carboxylic acids is 1. The van der Waals surface area contributed by atoms with Crippen molar-refractivity contribution >= 4 is 16.8 Å². The van der Waals surface area contributed by atoms with Crippen LogP contribution in [0.3, 0.4) is 0 Å². The highest BCUT2D eigenvalue weighted by atomic mass is 16.7. The second kappa shape index (κ2) is 6.33. The van der Waals surface area contributed by atoms with Gasteiger partial charge in [-0.25, -0.2) is 0 Å². The maximum Gasteiger partial charge on any atom is 0.252 e. The monoisotopic (exact) mass is 348 g/mol. The molecule has 5 heteroatoms. The number of carbonyl (C=O) groups is 1. The summed E-state index contributed by atoms with van der Waals surface area (Å²) in [6.07, 6.45) is 0. The fourth-order valence-corrected chi connectivity index (χ4v) is 3.20. The van der Waals surface area contributed by atoms with Crippen LogP contribution >= 0.6 is 0 Å². The van der Waals surface area contributed by atoms with Crippen LogP contribution in [0.5, 0.6) is 11.5 Å². The molecule has 26 heavy (non-hydrogen) atoms. The molecule has 0 bridgehead atoms. The second-order valence-electron chi connectivity index (χ2n) is 6.64. The molecule has 1 aromatic heterocycles. The molecule has 1 atom stereocenters. The molecule has 2 aromatic carbocycles. The lowest BCUT2D eigenvalue weighted by Crippen LogP contribution is -2.27. The molecule has 0 saturated heterocycles. The Morgan fingerprint density at radius 1 is 1.08 bits per heavy atom. The lowest BCUT2D eigenvalue weighted by Gasteiger charge is -2.16. The van der Waals surface area contributed by atoms with Gasteiger partial charge in [-0.05, 0) is 56.7 Å². The van der Waals surface area contributed by atoms with Crippen molar-refractivity contribution < 1.29 is 14.3 Å². The Morgan fingerprint density at radius 2 is 1.88 bits per heavy atom. The number of nitrogens with zero attached hydrogens (tertiary/aromatic N) is 1. The van der Waals surface area contributed by atoms with E-state index in [1.807, 2.05) is 63.2 Å². The Hall–Kier alpha value is -3.08. The summed E-state index contributed by atoms with van der Waals surface area (Å²) >= 11 is 0. The average molecular weight is 348 g/mol. The summed E-state index contributed by atoms with van der Waals surface area (Å²) in [5.41, 5.74) is 4.36. The standard InChI is InChI=1S/C21H20N2O3/c1-12-4-6-18-16(8-12)17(9-13(2)22-18)21(24)23-14(3)15-5-7-19-20(10-15)26-11-25-19/h4-10,14H,11H2,1-3H3,(H,23,24). The lowest BCUT2D eigenvalue weighted by atomic mass is 10.0. The first-order valence-corrected chi connectivity index (χ1v) is 8.60. The number of aromatic nitrogens is 1. The van der Waals surface area contributed by atoms with Crippen LogP contribution in [-0.2, 0) is 0 Å². The number of nitrogens with one attached hydrogen (secondary N) is 1. The van der Waals surface area contributed by atoms with E-state index in [2.05, 4.69) is 10.3 Å². The van der Waals surface area contributed by atoms with E-state index in [0.29, 0.717) is 11.3 Å². The highest BCUT2D eigenvalue weighted by Gasteiger charge is 2.19. The molecular formula is C21H20N2O3. The minimum Gasteiger partial charge on any atom is -0.454 e. The summed E-state index contributed by atoms with van der Waals surface area (Å²) in [6, 6.07) is 13.4. The SMILES string of the molecule is Cc1ccc2nc(C)cc(C(=O)NC(C)c3ccc4c(c3)OCO4)c2c1. The molecule has 1 aliphatic rings. The zero-order valence-corrected chi connectivity index (χ0v) is 15.0. The van der Waals surface area contributed by atoms with Crippen molar-refractivity contribution in [1.82, 2.24) is 10.3 Å². The minimum atomic E-state index is -0.162. The lowest BCUT2D eigenvalue weighted by molar-refractivity contribution is 0.0941. The molecule has 0 radical (unpaired) electrons. The van der Waals surface area contributed by atoms with Gasteiger partial charge in [-0.2, -0.15) is 0 Å². The molecule has 1 amide bonds. The van der Waals surface area contributed by atoms with Gasteiger partial charge in [0.2, 0.25) is 6.79 Å². The third kappa shape index (κ3) is 2.96. The van der Waals surface area contributed by atoms with Gasteiger partial charge in [-0.3, -0.25) is 9.78 Å². The van der Waals surface area contributed by atoms with Gasteiger partial charge in [-0.1, -0.05) is 17.7 Å². The van der Waals surface area contributed by atoms with Gasteiger partial charge in [0.15, 0.2) is 11.5 Å². The predicted octanol–water partition coefficient (Wildman–Crippen LogP) is 4.07. The van der Waals surface area contributed by atoms with Crippen LogP contribution in [-0.4, -0.2) is 17.7 Å². The van der Waals surface area contributed by atoms with Crippen molar-refractivity contribution in [3.05, 3.63) is 64.8 Å². The summed E-state index contributed by atoms with van der Waals surface area (Å²) in [7, 11) is 0. The minimum absolute atomic E-state index is 0.115. The van der Waals surface area contributed by atoms with Crippen molar-refractivity contribution in [3.63, 3.8) is 0 Å². The zero-order valence-electron chi connectivity index (χ0n) is 15.0. The molecule has 1 N–H and O–H groups in total. The number of rotatable bonds is 3. The fraction of sp³-hybridized carbons (Fsp3) is 0.238. The van der Waals surface area contributed by atoms with Gasteiger partial charge in [0.05, 0.1) is 17.1 Å². The zero-order chi connectivity index (χ0) is 18.3. The van der Waals surface area contributed by atoms with Crippen LogP contribution in [0.25, 0.3) is 10.9 Å². The van der Waals surface area contributed by atoms with E-state index in [1.54, 1.807) is 0 Å². The Kier molecular flexibility index (Phi) is 3.99.